The summed E-state index contributed by atoms with van der Waals surface area (Å²) in [6.07, 6.45) is 0.579. The topological polar surface area (TPSA) is 69.6 Å². The molecule has 1 aliphatic rings. The maximum Gasteiger partial charge on any atom is 0.313 e. The fraction of sp³-hybridized carbons (Fsp3) is 0.385. The van der Waals surface area contributed by atoms with Crippen molar-refractivity contribution in [2.24, 2.45) is 5.92 Å². The number of nitrogens with zero attached hydrogens (tertiary/aromatic N) is 1. The van der Waals surface area contributed by atoms with Crippen LogP contribution in [0.2, 0.25) is 0 Å². The van der Waals surface area contributed by atoms with Gasteiger partial charge in [0.25, 0.3) is 0 Å². The Morgan fingerprint density at radius 1 is 1.29 bits per heavy atom. The Labute approximate surface area is 118 Å². The van der Waals surface area contributed by atoms with Gasteiger partial charge in [-0.25, -0.2) is 13.2 Å². The van der Waals surface area contributed by atoms with Gasteiger partial charge in [0.2, 0.25) is 0 Å². The molecule has 1 aromatic carbocycles. The van der Waals surface area contributed by atoms with Crippen molar-refractivity contribution in [2.45, 2.75) is 6.42 Å². The molecule has 5 nitrogen and oxygen atoms in total. The third-order valence-electron chi connectivity index (χ3n) is 3.27. The zero-order valence-electron chi connectivity index (χ0n) is 10.9. The van der Waals surface area contributed by atoms with E-state index in [0.717, 1.165) is 0 Å². The zero-order valence-corrected chi connectivity index (χ0v) is 10.9. The number of carbonyl (C=O) groups is 2. The second-order valence-electron chi connectivity index (χ2n) is 4.80. The smallest absolute Gasteiger partial charge is 0.313 e. The molecule has 1 saturated heterocycles. The van der Waals surface area contributed by atoms with Crippen molar-refractivity contribution in [3.63, 3.8) is 0 Å². The molecule has 1 aromatic rings. The summed E-state index contributed by atoms with van der Waals surface area (Å²) < 4.78 is 38.8. The number of hydrogen-bond acceptors (Lipinski definition) is 3. The lowest BCUT2D eigenvalue weighted by Gasteiger charge is -2.15. The molecule has 1 aliphatic heterocycles. The van der Waals surface area contributed by atoms with Crippen LogP contribution in [0.5, 0.6) is 0 Å². The number of likely N-dealkylation sites (tertiary alicyclic amines) is 1. The SMILES string of the molecule is O=C(Nc1cc(F)c(F)c(F)c1)C(=O)N1CCC(CO)C1. The van der Waals surface area contributed by atoms with Crippen molar-refractivity contribution in [2.75, 3.05) is 25.0 Å². The predicted octanol–water partition coefficient (Wildman–Crippen LogP) is 0.883. The van der Waals surface area contributed by atoms with E-state index >= 15 is 0 Å². The monoisotopic (exact) mass is 302 g/mol. The summed E-state index contributed by atoms with van der Waals surface area (Å²) in [5.41, 5.74) is -0.345. The first-order chi connectivity index (χ1) is 9.92. The largest absolute Gasteiger partial charge is 0.396 e. The number of amides is 2. The number of nitrogens with one attached hydrogen (secondary N) is 1. The molecule has 0 bridgehead atoms. The van der Waals surface area contributed by atoms with Gasteiger partial charge in [-0.15, -0.1) is 0 Å². The van der Waals surface area contributed by atoms with E-state index in [0.29, 0.717) is 25.1 Å². The van der Waals surface area contributed by atoms with Crippen molar-refractivity contribution in [1.29, 1.82) is 0 Å². The van der Waals surface area contributed by atoms with Crippen molar-refractivity contribution in [3.05, 3.63) is 29.6 Å². The van der Waals surface area contributed by atoms with Gasteiger partial charge in [0, 0.05) is 43.4 Å². The molecule has 0 radical (unpaired) electrons. The zero-order chi connectivity index (χ0) is 15.6. The lowest BCUT2D eigenvalue weighted by molar-refractivity contribution is -0.142. The number of halogens is 3. The van der Waals surface area contributed by atoms with Gasteiger partial charge < -0.3 is 15.3 Å². The number of anilines is 1. The van der Waals surface area contributed by atoms with E-state index in [2.05, 4.69) is 0 Å². The molecule has 114 valence electrons. The molecular formula is C13H13F3N2O3. The molecule has 21 heavy (non-hydrogen) atoms. The number of hydrogen-bond donors (Lipinski definition) is 2. The molecule has 0 aromatic heterocycles. The summed E-state index contributed by atoms with van der Waals surface area (Å²) >= 11 is 0. The molecule has 1 heterocycles. The molecule has 2 rings (SSSR count). The minimum absolute atomic E-state index is 0.0811. The van der Waals surface area contributed by atoms with E-state index in [1.807, 2.05) is 5.32 Å². The van der Waals surface area contributed by atoms with E-state index in [-0.39, 0.29) is 24.8 Å². The van der Waals surface area contributed by atoms with Crippen LogP contribution in [0.15, 0.2) is 12.1 Å². The van der Waals surface area contributed by atoms with Gasteiger partial charge in [0.1, 0.15) is 0 Å². The quantitative estimate of drug-likeness (QED) is 0.629. The molecule has 0 aliphatic carbocycles. The third-order valence-corrected chi connectivity index (χ3v) is 3.27. The minimum Gasteiger partial charge on any atom is -0.396 e. The fourth-order valence-electron chi connectivity index (χ4n) is 2.12. The Kier molecular flexibility index (Phi) is 4.46. The third kappa shape index (κ3) is 3.33. The highest BCUT2D eigenvalue weighted by Gasteiger charge is 2.29. The predicted molar refractivity (Wildman–Crippen MR) is 66.7 cm³/mol. The van der Waals surface area contributed by atoms with Gasteiger partial charge in [-0.2, -0.15) is 0 Å². The van der Waals surface area contributed by atoms with Gasteiger partial charge >= 0.3 is 11.8 Å². The number of aliphatic hydroxyl groups excluding tert-OH is 1. The first kappa shape index (κ1) is 15.3. The molecule has 0 spiro atoms. The van der Waals surface area contributed by atoms with E-state index in [1.165, 1.54) is 4.90 Å². The molecule has 2 N–H and O–H groups in total. The first-order valence-corrected chi connectivity index (χ1v) is 6.28. The molecule has 1 fully saturated rings. The Morgan fingerprint density at radius 3 is 2.43 bits per heavy atom. The molecular weight excluding hydrogens is 289 g/mol. The van der Waals surface area contributed by atoms with Crippen LogP contribution in [0.3, 0.4) is 0 Å². The Morgan fingerprint density at radius 2 is 1.90 bits per heavy atom. The van der Waals surface area contributed by atoms with Crippen LogP contribution in [0.4, 0.5) is 18.9 Å². The average Bonchev–Trinajstić information content (AvgIpc) is 2.92. The summed E-state index contributed by atoms with van der Waals surface area (Å²) in [6, 6.07) is 1.17. The maximum atomic E-state index is 13.0. The van der Waals surface area contributed by atoms with Crippen LogP contribution in [0.25, 0.3) is 0 Å². The van der Waals surface area contributed by atoms with Crippen molar-refractivity contribution < 1.29 is 27.9 Å². The minimum atomic E-state index is -1.65. The number of rotatable bonds is 2. The van der Waals surface area contributed by atoms with Crippen LogP contribution in [0.1, 0.15) is 6.42 Å². The summed E-state index contributed by atoms with van der Waals surface area (Å²) in [5, 5.41) is 11.0. The van der Waals surface area contributed by atoms with Crippen LogP contribution in [-0.4, -0.2) is 41.5 Å². The normalized spacial score (nSPS) is 17.9. The van der Waals surface area contributed by atoms with E-state index in [9.17, 15) is 22.8 Å². The second-order valence-corrected chi connectivity index (χ2v) is 4.80. The molecule has 2 amide bonds. The number of aliphatic hydroxyl groups is 1. The van der Waals surface area contributed by atoms with Crippen LogP contribution in [-0.2, 0) is 9.59 Å². The van der Waals surface area contributed by atoms with Crippen LogP contribution >= 0.6 is 0 Å². The maximum absolute atomic E-state index is 13.0. The van der Waals surface area contributed by atoms with Gasteiger partial charge in [-0.3, -0.25) is 9.59 Å². The van der Waals surface area contributed by atoms with Crippen molar-refractivity contribution in [3.8, 4) is 0 Å². The van der Waals surface area contributed by atoms with Crippen molar-refractivity contribution in [1.82, 2.24) is 4.90 Å². The fourth-order valence-corrected chi connectivity index (χ4v) is 2.12. The lowest BCUT2D eigenvalue weighted by atomic mass is 10.1. The highest BCUT2D eigenvalue weighted by Crippen LogP contribution is 2.19. The average molecular weight is 302 g/mol. The standard InChI is InChI=1S/C13H13F3N2O3/c14-9-3-8(4-10(15)11(9)16)17-12(20)13(21)18-2-1-7(5-18)6-19/h3-4,7,19H,1-2,5-6H2,(H,17,20). The van der Waals surface area contributed by atoms with Gasteiger partial charge in [0.15, 0.2) is 17.5 Å². The highest BCUT2D eigenvalue weighted by molar-refractivity contribution is 6.39. The Hall–Kier alpha value is -2.09. The first-order valence-electron chi connectivity index (χ1n) is 6.28. The Bertz CT molecular complexity index is 557. The van der Waals surface area contributed by atoms with Crippen LogP contribution in [0, 0.1) is 23.4 Å². The van der Waals surface area contributed by atoms with Crippen molar-refractivity contribution >= 4 is 17.5 Å². The van der Waals surface area contributed by atoms with Gasteiger partial charge in [-0.1, -0.05) is 0 Å². The van der Waals surface area contributed by atoms with Crippen LogP contribution < -0.4 is 5.32 Å². The summed E-state index contributed by atoms with van der Waals surface area (Å²) in [5.74, 6) is -6.58. The highest BCUT2D eigenvalue weighted by atomic mass is 19.2. The van der Waals surface area contributed by atoms with E-state index in [4.69, 9.17) is 5.11 Å². The molecule has 1 unspecified atom stereocenters. The number of carbonyl (C=O) groups excluding carboxylic acids is 2. The summed E-state index contributed by atoms with van der Waals surface area (Å²) in [6.45, 7) is 0.484. The molecule has 8 heteroatoms. The molecule has 1 atom stereocenters. The summed E-state index contributed by atoms with van der Waals surface area (Å²) in [4.78, 5) is 24.8. The lowest BCUT2D eigenvalue weighted by Crippen LogP contribution is -2.38. The van der Waals surface area contributed by atoms with E-state index in [1.54, 1.807) is 0 Å². The van der Waals surface area contributed by atoms with Gasteiger partial charge in [-0.05, 0) is 6.42 Å². The van der Waals surface area contributed by atoms with Gasteiger partial charge in [0.05, 0.1) is 0 Å². The summed E-state index contributed by atoms with van der Waals surface area (Å²) in [7, 11) is 0. The van der Waals surface area contributed by atoms with E-state index < -0.39 is 29.3 Å². The number of benzene rings is 1. The molecule has 0 saturated carbocycles. The Balaban J connectivity index is 2.03. The second kappa shape index (κ2) is 6.13.